The molecule has 114 valence electrons. The van der Waals surface area contributed by atoms with Crippen LogP contribution in [-0.2, 0) is 16.0 Å². The summed E-state index contributed by atoms with van der Waals surface area (Å²) in [6.45, 7) is 2.49. The van der Waals surface area contributed by atoms with Gasteiger partial charge in [-0.3, -0.25) is 9.59 Å². The van der Waals surface area contributed by atoms with Crippen LogP contribution in [0.3, 0.4) is 0 Å². The van der Waals surface area contributed by atoms with Gasteiger partial charge in [0, 0.05) is 38.8 Å². The third kappa shape index (κ3) is 4.49. The average molecular weight is 297 g/mol. The molecule has 1 aliphatic heterocycles. The summed E-state index contributed by atoms with van der Waals surface area (Å²) in [6, 6.07) is 3.19. The van der Waals surface area contributed by atoms with Gasteiger partial charge in [0.1, 0.15) is 11.6 Å². The molecule has 0 atom stereocenters. The van der Waals surface area contributed by atoms with E-state index in [9.17, 15) is 18.4 Å². The molecule has 0 aliphatic carbocycles. The van der Waals surface area contributed by atoms with Gasteiger partial charge in [-0.25, -0.2) is 8.78 Å². The van der Waals surface area contributed by atoms with E-state index in [0.717, 1.165) is 6.07 Å². The summed E-state index contributed by atoms with van der Waals surface area (Å²) >= 11 is 0. The molecule has 1 fully saturated rings. The molecule has 2 N–H and O–H groups in total. The molecule has 0 saturated carbocycles. The number of amides is 2. The smallest absolute Gasteiger partial charge is 0.311 e. The molecule has 2 amide bonds. The van der Waals surface area contributed by atoms with E-state index >= 15 is 0 Å². The molecule has 21 heavy (non-hydrogen) atoms. The van der Waals surface area contributed by atoms with Crippen LogP contribution in [0.2, 0.25) is 0 Å². The first-order valence-electron chi connectivity index (χ1n) is 6.79. The highest BCUT2D eigenvalue weighted by Crippen LogP contribution is 2.08. The number of carbonyl (C=O) groups excluding carboxylic acids is 2. The van der Waals surface area contributed by atoms with Gasteiger partial charge in [0.15, 0.2) is 0 Å². The second kappa shape index (κ2) is 7.12. The minimum absolute atomic E-state index is 0.152. The third-order valence-electron chi connectivity index (χ3n) is 3.22. The Labute approximate surface area is 121 Å². The summed E-state index contributed by atoms with van der Waals surface area (Å²) in [6.07, 6.45) is 0.259. The number of hydrogen-bond acceptors (Lipinski definition) is 3. The van der Waals surface area contributed by atoms with Crippen molar-refractivity contribution in [2.45, 2.75) is 6.42 Å². The lowest BCUT2D eigenvalue weighted by Crippen LogP contribution is -2.51. The largest absolute Gasteiger partial charge is 0.347 e. The van der Waals surface area contributed by atoms with Crippen molar-refractivity contribution in [3.63, 3.8) is 0 Å². The summed E-state index contributed by atoms with van der Waals surface area (Å²) < 4.78 is 26.0. The predicted molar refractivity (Wildman–Crippen MR) is 72.5 cm³/mol. The average Bonchev–Trinajstić information content (AvgIpc) is 2.46. The second-order valence-corrected chi connectivity index (χ2v) is 4.83. The zero-order valence-corrected chi connectivity index (χ0v) is 11.5. The van der Waals surface area contributed by atoms with Gasteiger partial charge in [0.2, 0.25) is 0 Å². The van der Waals surface area contributed by atoms with Crippen molar-refractivity contribution in [3.05, 3.63) is 35.4 Å². The van der Waals surface area contributed by atoms with Crippen molar-refractivity contribution >= 4 is 11.8 Å². The lowest BCUT2D eigenvalue weighted by Gasteiger charge is -2.26. The van der Waals surface area contributed by atoms with Crippen molar-refractivity contribution in [1.29, 1.82) is 0 Å². The van der Waals surface area contributed by atoms with E-state index in [1.807, 2.05) is 0 Å². The number of halogens is 2. The Kier molecular flexibility index (Phi) is 5.21. The summed E-state index contributed by atoms with van der Waals surface area (Å²) in [5.74, 6) is -2.57. The van der Waals surface area contributed by atoms with Gasteiger partial charge in [0.05, 0.1) is 0 Å². The monoisotopic (exact) mass is 297 g/mol. The van der Waals surface area contributed by atoms with Crippen LogP contribution in [0.4, 0.5) is 8.78 Å². The minimum Gasteiger partial charge on any atom is -0.347 e. The van der Waals surface area contributed by atoms with Crippen LogP contribution in [0, 0.1) is 11.6 Å². The quantitative estimate of drug-likeness (QED) is 0.775. The van der Waals surface area contributed by atoms with E-state index in [1.165, 1.54) is 17.0 Å². The molecule has 1 aromatic carbocycles. The molecule has 1 saturated heterocycles. The van der Waals surface area contributed by atoms with Crippen LogP contribution >= 0.6 is 0 Å². The maximum absolute atomic E-state index is 13.0. The van der Waals surface area contributed by atoms with Gasteiger partial charge in [-0.15, -0.1) is 0 Å². The number of piperazine rings is 1. The van der Waals surface area contributed by atoms with E-state index in [1.54, 1.807) is 0 Å². The summed E-state index contributed by atoms with van der Waals surface area (Å²) in [5, 5.41) is 5.56. The van der Waals surface area contributed by atoms with Gasteiger partial charge < -0.3 is 15.5 Å². The number of benzene rings is 1. The number of carbonyl (C=O) groups is 2. The van der Waals surface area contributed by atoms with Gasteiger partial charge in [0.25, 0.3) is 0 Å². The molecular weight excluding hydrogens is 280 g/mol. The molecule has 1 aliphatic rings. The van der Waals surface area contributed by atoms with Crippen LogP contribution in [0.25, 0.3) is 0 Å². The highest BCUT2D eigenvalue weighted by atomic mass is 19.1. The van der Waals surface area contributed by atoms with E-state index in [0.29, 0.717) is 31.7 Å². The van der Waals surface area contributed by atoms with Gasteiger partial charge in [-0.05, 0) is 24.1 Å². The first-order chi connectivity index (χ1) is 10.1. The first kappa shape index (κ1) is 15.4. The SMILES string of the molecule is O=C(NCCc1cc(F)cc(F)c1)C(=O)N1CCNCC1. The van der Waals surface area contributed by atoms with Crippen molar-refractivity contribution < 1.29 is 18.4 Å². The Bertz CT molecular complexity index is 511. The summed E-state index contributed by atoms with van der Waals surface area (Å²) in [4.78, 5) is 25.0. The van der Waals surface area contributed by atoms with Gasteiger partial charge in [-0.2, -0.15) is 0 Å². The molecule has 7 heteroatoms. The zero-order chi connectivity index (χ0) is 15.2. The van der Waals surface area contributed by atoms with Gasteiger partial charge >= 0.3 is 11.8 Å². The van der Waals surface area contributed by atoms with Crippen LogP contribution in [0.1, 0.15) is 5.56 Å². The lowest BCUT2D eigenvalue weighted by molar-refractivity contribution is -0.146. The maximum atomic E-state index is 13.0. The molecule has 2 rings (SSSR count). The fourth-order valence-corrected chi connectivity index (χ4v) is 2.16. The molecule has 5 nitrogen and oxygen atoms in total. The Morgan fingerprint density at radius 3 is 2.38 bits per heavy atom. The molecule has 1 heterocycles. The Morgan fingerprint density at radius 1 is 1.14 bits per heavy atom. The predicted octanol–water partition coefficient (Wildman–Crippen LogP) is 0.0553. The number of nitrogens with zero attached hydrogens (tertiary/aromatic N) is 1. The molecule has 0 spiro atoms. The molecule has 1 aromatic rings. The van der Waals surface area contributed by atoms with Crippen molar-refractivity contribution in [2.24, 2.45) is 0 Å². The van der Waals surface area contributed by atoms with Crippen LogP contribution in [-0.4, -0.2) is 49.4 Å². The van der Waals surface area contributed by atoms with Crippen LogP contribution in [0.15, 0.2) is 18.2 Å². The third-order valence-corrected chi connectivity index (χ3v) is 3.22. The summed E-state index contributed by atoms with van der Waals surface area (Å²) in [5.41, 5.74) is 0.433. The molecular formula is C14H17F2N3O2. The topological polar surface area (TPSA) is 61.4 Å². The van der Waals surface area contributed by atoms with Crippen molar-refractivity contribution in [3.8, 4) is 0 Å². The normalized spacial score (nSPS) is 14.9. The standard InChI is InChI=1S/C14H17F2N3O2/c15-11-7-10(8-12(16)9-11)1-2-18-13(20)14(21)19-5-3-17-4-6-19/h7-9,17H,1-6H2,(H,18,20). The van der Waals surface area contributed by atoms with E-state index < -0.39 is 23.4 Å². The zero-order valence-electron chi connectivity index (χ0n) is 11.5. The molecule has 0 aromatic heterocycles. The maximum Gasteiger partial charge on any atom is 0.311 e. The molecule has 0 radical (unpaired) electrons. The summed E-state index contributed by atoms with van der Waals surface area (Å²) in [7, 11) is 0. The van der Waals surface area contributed by atoms with Crippen LogP contribution in [0.5, 0.6) is 0 Å². The lowest BCUT2D eigenvalue weighted by atomic mass is 10.1. The number of hydrogen-bond donors (Lipinski definition) is 2. The highest BCUT2D eigenvalue weighted by Gasteiger charge is 2.22. The Balaban J connectivity index is 1.79. The second-order valence-electron chi connectivity index (χ2n) is 4.83. The van der Waals surface area contributed by atoms with Gasteiger partial charge in [-0.1, -0.05) is 0 Å². The van der Waals surface area contributed by atoms with E-state index in [4.69, 9.17) is 0 Å². The van der Waals surface area contributed by atoms with E-state index in [-0.39, 0.29) is 13.0 Å². The van der Waals surface area contributed by atoms with Crippen molar-refractivity contribution in [2.75, 3.05) is 32.7 Å². The minimum atomic E-state index is -0.686. The molecule has 0 bridgehead atoms. The fourth-order valence-electron chi connectivity index (χ4n) is 2.16. The van der Waals surface area contributed by atoms with Crippen molar-refractivity contribution in [1.82, 2.24) is 15.5 Å². The number of nitrogens with one attached hydrogen (secondary N) is 2. The van der Waals surface area contributed by atoms with E-state index in [2.05, 4.69) is 10.6 Å². The fraction of sp³-hybridized carbons (Fsp3) is 0.429. The number of rotatable bonds is 3. The Morgan fingerprint density at radius 2 is 1.76 bits per heavy atom. The highest BCUT2D eigenvalue weighted by molar-refractivity contribution is 6.35. The molecule has 0 unspecified atom stereocenters. The Hall–Kier alpha value is -2.02. The first-order valence-corrected chi connectivity index (χ1v) is 6.79. The van der Waals surface area contributed by atoms with Crippen LogP contribution < -0.4 is 10.6 Å².